The van der Waals surface area contributed by atoms with Gasteiger partial charge in [-0.1, -0.05) is 5.16 Å². The largest absolute Gasteiger partial charge is 0.347 e. The van der Waals surface area contributed by atoms with Crippen molar-refractivity contribution in [3.8, 4) is 0 Å². The molecular formula is C15H18N4O5. The van der Waals surface area contributed by atoms with Gasteiger partial charge in [0.05, 0.1) is 18.9 Å². The van der Waals surface area contributed by atoms with Gasteiger partial charge >= 0.3 is 0 Å². The van der Waals surface area contributed by atoms with E-state index < -0.39 is 5.79 Å². The molecule has 0 saturated carbocycles. The highest BCUT2D eigenvalue weighted by Crippen LogP contribution is 2.31. The lowest BCUT2D eigenvalue weighted by molar-refractivity contribution is -0.187. The molecule has 4 heterocycles. The fourth-order valence-electron chi connectivity index (χ4n) is 3.25. The van der Waals surface area contributed by atoms with E-state index in [1.807, 2.05) is 0 Å². The molecule has 0 aliphatic carbocycles. The van der Waals surface area contributed by atoms with Gasteiger partial charge in [-0.25, -0.2) is 4.98 Å². The quantitative estimate of drug-likeness (QED) is 0.765. The number of hydrogen-bond donors (Lipinski definition) is 0. The molecule has 0 N–H and O–H groups in total. The van der Waals surface area contributed by atoms with Gasteiger partial charge in [-0.3, -0.25) is 14.2 Å². The summed E-state index contributed by atoms with van der Waals surface area (Å²) in [6.07, 6.45) is 2.62. The van der Waals surface area contributed by atoms with E-state index in [4.69, 9.17) is 14.0 Å². The number of nitrogens with zero attached hydrogens (tertiary/aromatic N) is 4. The van der Waals surface area contributed by atoms with E-state index in [9.17, 15) is 9.59 Å². The van der Waals surface area contributed by atoms with Crippen molar-refractivity contribution >= 4 is 17.0 Å². The Labute approximate surface area is 137 Å². The number of aromatic nitrogens is 3. The Balaban J connectivity index is 1.48. The minimum absolute atomic E-state index is 0.0545. The number of ether oxygens (including phenoxy) is 2. The maximum atomic E-state index is 12.5. The van der Waals surface area contributed by atoms with Crippen molar-refractivity contribution < 1.29 is 18.8 Å². The normalized spacial score (nSPS) is 20.1. The predicted octanol–water partition coefficient (Wildman–Crippen LogP) is 0.0584. The second-order valence-electron chi connectivity index (χ2n) is 6.11. The van der Waals surface area contributed by atoms with Crippen molar-refractivity contribution in [2.45, 2.75) is 32.1 Å². The molecule has 2 fully saturated rings. The predicted molar refractivity (Wildman–Crippen MR) is 81.3 cm³/mol. The van der Waals surface area contributed by atoms with Gasteiger partial charge in [-0.05, 0) is 6.92 Å². The molecule has 2 saturated heterocycles. The van der Waals surface area contributed by atoms with Crippen LogP contribution in [-0.4, -0.2) is 57.6 Å². The van der Waals surface area contributed by atoms with Crippen LogP contribution in [0.15, 0.2) is 15.6 Å². The van der Waals surface area contributed by atoms with Crippen LogP contribution in [0.25, 0.3) is 11.1 Å². The third-order valence-electron chi connectivity index (χ3n) is 4.63. The molecule has 1 amide bonds. The molecule has 1 spiro atoms. The van der Waals surface area contributed by atoms with Crippen molar-refractivity contribution in [2.75, 3.05) is 26.3 Å². The second-order valence-corrected chi connectivity index (χ2v) is 6.11. The number of amides is 1. The maximum absolute atomic E-state index is 12.5. The Kier molecular flexibility index (Phi) is 3.61. The average Bonchev–Trinajstić information content (AvgIpc) is 3.18. The molecule has 2 aliphatic heterocycles. The third-order valence-corrected chi connectivity index (χ3v) is 4.63. The number of hydrogen-bond acceptors (Lipinski definition) is 7. The molecule has 2 aliphatic rings. The zero-order valence-electron chi connectivity index (χ0n) is 13.4. The van der Waals surface area contributed by atoms with Gasteiger partial charge in [0, 0.05) is 25.9 Å². The van der Waals surface area contributed by atoms with Crippen LogP contribution >= 0.6 is 0 Å². The van der Waals surface area contributed by atoms with Crippen molar-refractivity contribution in [1.29, 1.82) is 0 Å². The topological polar surface area (TPSA) is 99.7 Å². The highest BCUT2D eigenvalue weighted by molar-refractivity contribution is 5.77. The lowest BCUT2D eigenvalue weighted by Crippen LogP contribution is -2.48. The minimum Gasteiger partial charge on any atom is -0.347 e. The number of carbonyl (C=O) groups is 1. The molecule has 4 rings (SSSR count). The zero-order chi connectivity index (χ0) is 16.7. The van der Waals surface area contributed by atoms with Gasteiger partial charge in [0.15, 0.2) is 5.79 Å². The number of carbonyl (C=O) groups excluding carboxylic acids is 1. The van der Waals surface area contributed by atoms with Crippen molar-refractivity contribution in [3.63, 3.8) is 0 Å². The van der Waals surface area contributed by atoms with E-state index in [0.717, 1.165) is 0 Å². The highest BCUT2D eigenvalue weighted by Gasteiger charge is 2.40. The van der Waals surface area contributed by atoms with Gasteiger partial charge in [0.2, 0.25) is 5.91 Å². The first-order valence-corrected chi connectivity index (χ1v) is 7.95. The molecule has 9 nitrogen and oxygen atoms in total. The van der Waals surface area contributed by atoms with Crippen molar-refractivity contribution in [1.82, 2.24) is 19.6 Å². The highest BCUT2D eigenvalue weighted by atomic mass is 16.7. The van der Waals surface area contributed by atoms with Gasteiger partial charge in [-0.2, -0.15) is 0 Å². The van der Waals surface area contributed by atoms with Crippen molar-refractivity contribution in [3.05, 3.63) is 22.4 Å². The van der Waals surface area contributed by atoms with Crippen LogP contribution in [0.3, 0.4) is 0 Å². The minimum atomic E-state index is -0.520. The second kappa shape index (κ2) is 5.67. The van der Waals surface area contributed by atoms with Crippen LogP contribution in [-0.2, 0) is 20.8 Å². The molecule has 128 valence electrons. The van der Waals surface area contributed by atoms with Crippen LogP contribution in [0.1, 0.15) is 18.5 Å². The summed E-state index contributed by atoms with van der Waals surface area (Å²) in [4.78, 5) is 30.7. The standard InChI is InChI=1S/C15H18N4O5/c1-10-12-13(24-17-10)16-9-19(14(12)21)8-11(20)18-4-2-15(3-5-18)22-6-7-23-15/h9H,2-8H2,1H3. The van der Waals surface area contributed by atoms with E-state index in [1.54, 1.807) is 11.8 Å². The molecule has 2 aromatic rings. The van der Waals surface area contributed by atoms with Gasteiger partial charge in [0.25, 0.3) is 11.3 Å². The van der Waals surface area contributed by atoms with E-state index in [-0.39, 0.29) is 23.7 Å². The molecule has 24 heavy (non-hydrogen) atoms. The lowest BCUT2D eigenvalue weighted by atomic mass is 10.0. The third kappa shape index (κ3) is 2.49. The van der Waals surface area contributed by atoms with Crippen LogP contribution in [0.4, 0.5) is 0 Å². The van der Waals surface area contributed by atoms with Crippen LogP contribution in [0.5, 0.6) is 0 Å². The Hall–Kier alpha value is -2.26. The fourth-order valence-corrected chi connectivity index (χ4v) is 3.25. The number of piperidine rings is 1. The number of aryl methyl sites for hydroxylation is 1. The van der Waals surface area contributed by atoms with Crippen molar-refractivity contribution in [2.24, 2.45) is 0 Å². The van der Waals surface area contributed by atoms with Gasteiger partial charge in [-0.15, -0.1) is 0 Å². The summed E-state index contributed by atoms with van der Waals surface area (Å²) in [5.41, 5.74) is 0.347. The first-order chi connectivity index (χ1) is 11.6. The van der Waals surface area contributed by atoms with Crippen LogP contribution in [0, 0.1) is 6.92 Å². The summed E-state index contributed by atoms with van der Waals surface area (Å²) >= 11 is 0. The molecule has 2 aromatic heterocycles. The summed E-state index contributed by atoms with van der Waals surface area (Å²) < 4.78 is 17.6. The summed E-state index contributed by atoms with van der Waals surface area (Å²) in [5.74, 6) is -0.645. The Morgan fingerprint density at radius 2 is 2.00 bits per heavy atom. The molecule has 0 unspecified atom stereocenters. The first-order valence-electron chi connectivity index (χ1n) is 7.95. The summed E-state index contributed by atoms with van der Waals surface area (Å²) in [6, 6.07) is 0. The molecule has 9 heteroatoms. The SMILES string of the molecule is Cc1noc2ncn(CC(=O)N3CCC4(CC3)OCCO4)c(=O)c12. The summed E-state index contributed by atoms with van der Waals surface area (Å²) in [5, 5.41) is 4.05. The van der Waals surface area contributed by atoms with E-state index in [1.165, 1.54) is 10.9 Å². The molecular weight excluding hydrogens is 316 g/mol. The summed E-state index contributed by atoms with van der Waals surface area (Å²) in [6.45, 7) is 3.93. The number of fused-ring (bicyclic) bond motifs is 1. The van der Waals surface area contributed by atoms with E-state index in [2.05, 4.69) is 10.1 Å². The Morgan fingerprint density at radius 3 is 2.71 bits per heavy atom. The van der Waals surface area contributed by atoms with Gasteiger partial charge in [0.1, 0.15) is 18.3 Å². The average molecular weight is 334 g/mol. The molecule has 0 atom stereocenters. The van der Waals surface area contributed by atoms with E-state index in [0.29, 0.717) is 50.2 Å². The van der Waals surface area contributed by atoms with E-state index >= 15 is 0 Å². The molecule has 0 radical (unpaired) electrons. The zero-order valence-corrected chi connectivity index (χ0v) is 13.4. The Bertz CT molecular complexity index is 826. The number of rotatable bonds is 2. The smallest absolute Gasteiger partial charge is 0.267 e. The first kappa shape index (κ1) is 15.3. The Morgan fingerprint density at radius 1 is 1.29 bits per heavy atom. The molecule has 0 bridgehead atoms. The monoisotopic (exact) mass is 334 g/mol. The summed E-state index contributed by atoms with van der Waals surface area (Å²) in [7, 11) is 0. The number of likely N-dealkylation sites (tertiary alicyclic amines) is 1. The fraction of sp³-hybridized carbons (Fsp3) is 0.600. The van der Waals surface area contributed by atoms with Crippen LogP contribution < -0.4 is 5.56 Å². The molecule has 0 aromatic carbocycles. The lowest BCUT2D eigenvalue weighted by Gasteiger charge is -2.37. The maximum Gasteiger partial charge on any atom is 0.267 e. The van der Waals surface area contributed by atoms with Gasteiger partial charge < -0.3 is 18.9 Å². The van der Waals surface area contributed by atoms with Crippen LogP contribution in [0.2, 0.25) is 0 Å².